The van der Waals surface area contributed by atoms with E-state index < -0.39 is 18.2 Å². The summed E-state index contributed by atoms with van der Waals surface area (Å²) in [5.74, 6) is -0.449. The average molecular weight is 429 g/mol. The van der Waals surface area contributed by atoms with Crippen LogP contribution in [0.1, 0.15) is 64.9 Å². The number of hydrogen-bond acceptors (Lipinski definition) is 3. The maximum absolute atomic E-state index is 10.6. The number of carboxylic acids is 1. The van der Waals surface area contributed by atoms with Gasteiger partial charge in [0.05, 0.1) is 12.2 Å². The van der Waals surface area contributed by atoms with Gasteiger partial charge in [0.25, 0.3) is 0 Å². The van der Waals surface area contributed by atoms with E-state index in [1.165, 1.54) is 5.56 Å². The fourth-order valence-electron chi connectivity index (χ4n) is 4.50. The second-order valence-electron chi connectivity index (χ2n) is 9.99. The third-order valence-electron chi connectivity index (χ3n) is 6.52. The highest BCUT2D eigenvalue weighted by Gasteiger charge is 2.39. The predicted molar refractivity (Wildman–Crippen MR) is 126 cm³/mol. The first kappa shape index (κ1) is 25.4. The Balaban J connectivity index is 1.98. The van der Waals surface area contributed by atoms with Crippen LogP contribution in [-0.4, -0.2) is 33.5 Å². The summed E-state index contributed by atoms with van der Waals surface area (Å²) in [7, 11) is 0. The lowest BCUT2D eigenvalue weighted by molar-refractivity contribution is -0.137. The molecule has 4 nitrogen and oxygen atoms in total. The largest absolute Gasteiger partial charge is 0.481 e. The summed E-state index contributed by atoms with van der Waals surface area (Å²) < 4.78 is 0. The number of aliphatic hydroxyl groups is 2. The van der Waals surface area contributed by atoms with E-state index in [1.54, 1.807) is 0 Å². The molecule has 2 rings (SSSR count). The number of carbonyl (C=O) groups is 1. The van der Waals surface area contributed by atoms with Crippen molar-refractivity contribution in [3.8, 4) is 0 Å². The van der Waals surface area contributed by atoms with Crippen molar-refractivity contribution >= 4 is 5.97 Å². The lowest BCUT2D eigenvalue weighted by Crippen LogP contribution is -2.22. The number of aryl methyl sites for hydroxylation is 1. The summed E-state index contributed by atoms with van der Waals surface area (Å²) in [6.07, 6.45) is 12.1. The Morgan fingerprint density at radius 3 is 2.48 bits per heavy atom. The van der Waals surface area contributed by atoms with Gasteiger partial charge in [0.15, 0.2) is 0 Å². The van der Waals surface area contributed by atoms with Crippen LogP contribution in [0, 0.1) is 23.2 Å². The monoisotopic (exact) mass is 428 g/mol. The molecule has 3 N–H and O–H groups in total. The first-order valence-electron chi connectivity index (χ1n) is 11.6. The topological polar surface area (TPSA) is 77.8 Å². The highest BCUT2D eigenvalue weighted by atomic mass is 16.4. The average Bonchev–Trinajstić information content (AvgIpc) is 2.96. The number of hydrogen-bond donors (Lipinski definition) is 3. The molecule has 0 spiro atoms. The molecule has 1 aromatic rings. The fourth-order valence-corrected chi connectivity index (χ4v) is 4.50. The van der Waals surface area contributed by atoms with E-state index >= 15 is 0 Å². The number of allylic oxidation sites excluding steroid dienone is 3. The van der Waals surface area contributed by atoms with Gasteiger partial charge in [0.1, 0.15) is 0 Å². The van der Waals surface area contributed by atoms with E-state index in [9.17, 15) is 15.0 Å². The molecule has 0 unspecified atom stereocenters. The Kier molecular flexibility index (Phi) is 9.98. The zero-order valence-electron chi connectivity index (χ0n) is 19.3. The molecular weight excluding hydrogens is 388 g/mol. The molecule has 5 atom stereocenters. The molecule has 0 heterocycles. The Labute approximate surface area is 187 Å². The maximum Gasteiger partial charge on any atom is 0.303 e. The standard InChI is InChI=1S/C27H40O4/c1-27(2,3)21(16-15-20-11-7-6-8-12-20)17-18-23-22(24(28)19-25(23)29)13-9-4-5-10-14-26(30)31/h4,6-9,11-12,17-18,21-25,28-29H,5,10,13-16,19H2,1-3H3,(H,30,31)/t21-,22+,23+,24-,25+/m0/s1. The van der Waals surface area contributed by atoms with Gasteiger partial charge in [-0.25, -0.2) is 0 Å². The highest BCUT2D eigenvalue weighted by molar-refractivity contribution is 5.66. The summed E-state index contributed by atoms with van der Waals surface area (Å²) in [6.45, 7) is 6.76. The second kappa shape index (κ2) is 12.2. The van der Waals surface area contributed by atoms with Crippen LogP contribution in [-0.2, 0) is 11.2 Å². The van der Waals surface area contributed by atoms with Crippen LogP contribution < -0.4 is 0 Å². The van der Waals surface area contributed by atoms with Crippen LogP contribution in [0.4, 0.5) is 0 Å². The molecule has 0 saturated heterocycles. The Hall–Kier alpha value is -1.91. The number of carboxylic acid groups (broad SMARTS) is 1. The van der Waals surface area contributed by atoms with Crippen molar-refractivity contribution in [1.29, 1.82) is 0 Å². The zero-order valence-corrected chi connectivity index (χ0v) is 19.3. The lowest BCUT2D eigenvalue weighted by Gasteiger charge is -2.29. The Morgan fingerprint density at radius 1 is 1.13 bits per heavy atom. The molecule has 1 saturated carbocycles. The quantitative estimate of drug-likeness (QED) is 0.326. The Bertz CT molecular complexity index is 717. The molecule has 0 amide bonds. The molecule has 1 aliphatic carbocycles. The first-order chi connectivity index (χ1) is 14.7. The van der Waals surface area contributed by atoms with E-state index in [0.717, 1.165) is 19.3 Å². The maximum atomic E-state index is 10.6. The van der Waals surface area contributed by atoms with Gasteiger partial charge in [-0.05, 0) is 54.9 Å². The van der Waals surface area contributed by atoms with Crippen molar-refractivity contribution in [2.45, 2.75) is 77.9 Å². The van der Waals surface area contributed by atoms with E-state index in [2.05, 4.69) is 57.2 Å². The van der Waals surface area contributed by atoms with Crippen LogP contribution >= 0.6 is 0 Å². The van der Waals surface area contributed by atoms with Crippen LogP contribution in [0.15, 0.2) is 54.6 Å². The van der Waals surface area contributed by atoms with Gasteiger partial charge in [-0.3, -0.25) is 4.79 Å². The third-order valence-corrected chi connectivity index (χ3v) is 6.52. The first-order valence-corrected chi connectivity index (χ1v) is 11.6. The van der Waals surface area contributed by atoms with Gasteiger partial charge in [-0.15, -0.1) is 0 Å². The van der Waals surface area contributed by atoms with Crippen LogP contribution in [0.3, 0.4) is 0 Å². The molecule has 31 heavy (non-hydrogen) atoms. The normalized spacial score (nSPS) is 25.5. The molecular formula is C27H40O4. The summed E-state index contributed by atoms with van der Waals surface area (Å²) in [5.41, 5.74) is 1.46. The second-order valence-corrected chi connectivity index (χ2v) is 9.99. The van der Waals surface area contributed by atoms with Gasteiger partial charge >= 0.3 is 5.97 Å². The summed E-state index contributed by atoms with van der Waals surface area (Å²) in [4.78, 5) is 10.6. The minimum absolute atomic E-state index is 0.00304. The molecule has 0 radical (unpaired) electrons. The smallest absolute Gasteiger partial charge is 0.303 e. The molecule has 0 aliphatic heterocycles. The predicted octanol–water partition coefficient (Wildman–Crippen LogP) is 5.40. The van der Waals surface area contributed by atoms with E-state index in [1.807, 2.05) is 18.2 Å². The van der Waals surface area contributed by atoms with Crippen LogP contribution in [0.5, 0.6) is 0 Å². The molecule has 1 fully saturated rings. The van der Waals surface area contributed by atoms with Gasteiger partial charge in [0, 0.05) is 18.8 Å². The van der Waals surface area contributed by atoms with Crippen molar-refractivity contribution < 1.29 is 20.1 Å². The molecule has 0 aromatic heterocycles. The van der Waals surface area contributed by atoms with Crippen molar-refractivity contribution in [1.82, 2.24) is 0 Å². The van der Waals surface area contributed by atoms with E-state index in [4.69, 9.17) is 5.11 Å². The van der Waals surface area contributed by atoms with Gasteiger partial charge in [0.2, 0.25) is 0 Å². The molecule has 1 aromatic carbocycles. The van der Waals surface area contributed by atoms with Crippen molar-refractivity contribution in [3.63, 3.8) is 0 Å². The minimum atomic E-state index is -0.770. The van der Waals surface area contributed by atoms with Crippen LogP contribution in [0.25, 0.3) is 0 Å². The fraction of sp³-hybridized carbons (Fsp3) is 0.593. The number of unbranched alkanes of at least 4 members (excludes halogenated alkanes) is 1. The van der Waals surface area contributed by atoms with Crippen molar-refractivity contribution in [2.24, 2.45) is 23.2 Å². The van der Waals surface area contributed by atoms with Gasteiger partial charge < -0.3 is 15.3 Å². The van der Waals surface area contributed by atoms with Crippen molar-refractivity contribution in [3.05, 3.63) is 60.2 Å². The van der Waals surface area contributed by atoms with Crippen LogP contribution in [0.2, 0.25) is 0 Å². The number of rotatable bonds is 11. The number of benzene rings is 1. The molecule has 172 valence electrons. The number of aliphatic hydroxyl groups excluding tert-OH is 2. The summed E-state index contributed by atoms with van der Waals surface area (Å²) in [6, 6.07) is 10.5. The Morgan fingerprint density at radius 2 is 1.84 bits per heavy atom. The molecule has 0 bridgehead atoms. The van der Waals surface area contributed by atoms with Crippen molar-refractivity contribution in [2.75, 3.05) is 0 Å². The molecule has 1 aliphatic rings. The lowest BCUT2D eigenvalue weighted by atomic mass is 9.76. The third kappa shape index (κ3) is 8.62. The van der Waals surface area contributed by atoms with E-state index in [-0.39, 0.29) is 23.7 Å². The summed E-state index contributed by atoms with van der Waals surface area (Å²) >= 11 is 0. The van der Waals surface area contributed by atoms with Gasteiger partial charge in [-0.2, -0.15) is 0 Å². The SMILES string of the molecule is CC(C)(C)[C@H](C=C[C@@H]1[C@@H](CC=CCCCC(=O)O)[C@@H](O)C[C@H]1O)CCc1ccccc1. The minimum Gasteiger partial charge on any atom is -0.481 e. The van der Waals surface area contributed by atoms with Gasteiger partial charge in [-0.1, -0.05) is 75.4 Å². The molecule has 4 heteroatoms. The van der Waals surface area contributed by atoms with E-state index in [0.29, 0.717) is 25.2 Å². The number of aliphatic carboxylic acids is 1. The summed E-state index contributed by atoms with van der Waals surface area (Å²) in [5, 5.41) is 29.7. The highest BCUT2D eigenvalue weighted by Crippen LogP contribution is 2.38. The zero-order chi connectivity index (χ0) is 22.9.